The van der Waals surface area contributed by atoms with E-state index in [4.69, 9.17) is 0 Å². The van der Waals surface area contributed by atoms with Crippen molar-refractivity contribution in [1.29, 1.82) is 0 Å². The fraction of sp³-hybridized carbons (Fsp3) is 0.500. The zero-order chi connectivity index (χ0) is 14.1. The lowest BCUT2D eigenvalue weighted by Crippen LogP contribution is -2.12. The first-order valence-electron chi connectivity index (χ1n) is 7.74. The molecule has 1 aromatic heterocycles. The van der Waals surface area contributed by atoms with Crippen LogP contribution >= 0.6 is 0 Å². The van der Waals surface area contributed by atoms with Crippen molar-refractivity contribution in [3.05, 3.63) is 35.5 Å². The molecule has 0 unspecified atom stereocenters. The quantitative estimate of drug-likeness (QED) is 0.744. The van der Waals surface area contributed by atoms with Gasteiger partial charge in [-0.15, -0.1) is 0 Å². The van der Waals surface area contributed by atoms with Gasteiger partial charge in [-0.1, -0.05) is 44.2 Å². The number of aromatic nitrogens is 1. The van der Waals surface area contributed by atoms with Crippen LogP contribution in [0.25, 0.3) is 10.9 Å². The summed E-state index contributed by atoms with van der Waals surface area (Å²) in [5.41, 5.74) is 3.31. The number of rotatable bonds is 3. The number of carbonyl (C=O) groups excluding carboxylic acids is 1. The van der Waals surface area contributed by atoms with Crippen LogP contribution in [0.5, 0.6) is 0 Å². The van der Waals surface area contributed by atoms with E-state index in [2.05, 4.69) is 29.7 Å². The van der Waals surface area contributed by atoms with Crippen LogP contribution in [0.2, 0.25) is 0 Å². The minimum Gasteiger partial charge on any atom is -0.350 e. The fourth-order valence-electron chi connectivity index (χ4n) is 3.48. The first-order chi connectivity index (χ1) is 9.65. The van der Waals surface area contributed by atoms with E-state index >= 15 is 0 Å². The van der Waals surface area contributed by atoms with E-state index in [1.54, 1.807) is 0 Å². The number of nitrogens with zero attached hydrogens (tertiary/aromatic N) is 1. The summed E-state index contributed by atoms with van der Waals surface area (Å²) >= 11 is 0. The summed E-state index contributed by atoms with van der Waals surface area (Å²) in [6.07, 6.45) is 9.14. The molecule has 106 valence electrons. The molecule has 0 spiro atoms. The Kier molecular flexibility index (Phi) is 3.64. The Morgan fingerprint density at radius 1 is 1.25 bits per heavy atom. The molecule has 1 saturated carbocycles. The highest BCUT2D eigenvalue weighted by Gasteiger charge is 2.20. The molecule has 0 bridgehead atoms. The predicted molar refractivity (Wildman–Crippen MR) is 83.2 cm³/mol. The number of aryl methyl sites for hydroxylation is 2. The lowest BCUT2D eigenvalue weighted by molar-refractivity contribution is 0.0951. The van der Waals surface area contributed by atoms with Crippen LogP contribution in [-0.4, -0.2) is 10.4 Å². The highest BCUT2D eigenvalue weighted by atomic mass is 16.1. The molecule has 0 radical (unpaired) electrons. The van der Waals surface area contributed by atoms with Crippen molar-refractivity contribution in [3.8, 4) is 0 Å². The van der Waals surface area contributed by atoms with E-state index in [1.165, 1.54) is 37.7 Å². The van der Waals surface area contributed by atoms with Crippen LogP contribution in [0.4, 0.5) is 0 Å². The standard InChI is InChI=1S/C18H23NO/c1-13-8-9-15-16(12-19(2)17(15)10-13)18(20)11-14-6-4-3-5-7-14/h8-10,12,14H,3-7,11H2,1-2H3. The topological polar surface area (TPSA) is 22.0 Å². The molecule has 0 amide bonds. The number of carbonyl (C=O) groups is 1. The van der Waals surface area contributed by atoms with E-state index in [0.29, 0.717) is 11.7 Å². The van der Waals surface area contributed by atoms with Crippen LogP contribution in [0, 0.1) is 12.8 Å². The van der Waals surface area contributed by atoms with Crippen LogP contribution in [-0.2, 0) is 7.05 Å². The molecule has 0 N–H and O–H groups in total. The predicted octanol–water partition coefficient (Wildman–Crippen LogP) is 4.64. The highest BCUT2D eigenvalue weighted by Crippen LogP contribution is 2.29. The Labute approximate surface area is 120 Å². The van der Waals surface area contributed by atoms with Gasteiger partial charge >= 0.3 is 0 Å². The number of hydrogen-bond acceptors (Lipinski definition) is 1. The van der Waals surface area contributed by atoms with Gasteiger partial charge < -0.3 is 4.57 Å². The van der Waals surface area contributed by atoms with E-state index < -0.39 is 0 Å². The van der Waals surface area contributed by atoms with Crippen molar-refractivity contribution in [1.82, 2.24) is 4.57 Å². The van der Waals surface area contributed by atoms with Gasteiger partial charge in [0.05, 0.1) is 0 Å². The van der Waals surface area contributed by atoms with E-state index in [1.807, 2.05) is 13.2 Å². The molecular formula is C18H23NO. The van der Waals surface area contributed by atoms with Gasteiger partial charge in [-0.25, -0.2) is 0 Å². The molecule has 0 aliphatic heterocycles. The van der Waals surface area contributed by atoms with Crippen LogP contribution in [0.15, 0.2) is 24.4 Å². The molecule has 1 aliphatic carbocycles. The number of benzene rings is 1. The third-order valence-electron chi connectivity index (χ3n) is 4.65. The number of Topliss-reactive ketones (excluding diaryl/α,β-unsaturated/α-hetero) is 1. The average Bonchev–Trinajstić information content (AvgIpc) is 2.77. The van der Waals surface area contributed by atoms with Crippen molar-refractivity contribution >= 4 is 16.7 Å². The van der Waals surface area contributed by atoms with Gasteiger partial charge in [0.2, 0.25) is 0 Å². The van der Waals surface area contributed by atoms with Gasteiger partial charge in [0.15, 0.2) is 5.78 Å². The molecular weight excluding hydrogens is 246 g/mol. The van der Waals surface area contributed by atoms with Crippen molar-refractivity contribution in [2.45, 2.75) is 45.4 Å². The van der Waals surface area contributed by atoms with Crippen molar-refractivity contribution in [2.24, 2.45) is 13.0 Å². The smallest absolute Gasteiger partial charge is 0.165 e. The van der Waals surface area contributed by atoms with E-state index in [-0.39, 0.29) is 0 Å². The minimum atomic E-state index is 0.325. The molecule has 3 rings (SSSR count). The maximum absolute atomic E-state index is 12.6. The molecule has 2 heteroatoms. The van der Waals surface area contributed by atoms with Gasteiger partial charge in [0.25, 0.3) is 0 Å². The normalized spacial score (nSPS) is 16.7. The molecule has 1 aromatic carbocycles. The Balaban J connectivity index is 1.87. The Hall–Kier alpha value is -1.57. The Morgan fingerprint density at radius 2 is 2.00 bits per heavy atom. The largest absolute Gasteiger partial charge is 0.350 e. The summed E-state index contributed by atoms with van der Waals surface area (Å²) in [5, 5.41) is 1.11. The summed E-state index contributed by atoms with van der Waals surface area (Å²) in [7, 11) is 2.03. The molecule has 1 heterocycles. The third-order valence-corrected chi connectivity index (χ3v) is 4.65. The zero-order valence-corrected chi connectivity index (χ0v) is 12.5. The van der Waals surface area contributed by atoms with Crippen molar-refractivity contribution in [3.63, 3.8) is 0 Å². The summed E-state index contributed by atoms with van der Waals surface area (Å²) in [5.74, 6) is 0.934. The fourth-order valence-corrected chi connectivity index (χ4v) is 3.48. The molecule has 0 saturated heterocycles. The molecule has 1 aliphatic rings. The van der Waals surface area contributed by atoms with Gasteiger partial charge in [0, 0.05) is 36.1 Å². The van der Waals surface area contributed by atoms with Crippen LogP contribution in [0.3, 0.4) is 0 Å². The average molecular weight is 269 g/mol. The maximum Gasteiger partial charge on any atom is 0.165 e. The number of hydrogen-bond donors (Lipinski definition) is 0. The molecule has 1 fully saturated rings. The van der Waals surface area contributed by atoms with Gasteiger partial charge in [-0.3, -0.25) is 4.79 Å². The third kappa shape index (κ3) is 2.52. The summed E-state index contributed by atoms with van der Waals surface area (Å²) in [4.78, 5) is 12.6. The summed E-state index contributed by atoms with van der Waals surface area (Å²) in [6.45, 7) is 2.09. The highest BCUT2D eigenvalue weighted by molar-refractivity contribution is 6.08. The molecule has 0 atom stereocenters. The Bertz CT molecular complexity index is 632. The van der Waals surface area contributed by atoms with E-state index in [0.717, 1.165) is 22.9 Å². The minimum absolute atomic E-state index is 0.325. The van der Waals surface area contributed by atoms with Gasteiger partial charge in [-0.05, 0) is 24.5 Å². The number of fused-ring (bicyclic) bond motifs is 1. The van der Waals surface area contributed by atoms with Crippen molar-refractivity contribution < 1.29 is 4.79 Å². The SMILES string of the molecule is Cc1ccc2c(C(=O)CC3CCCCC3)cn(C)c2c1. The summed E-state index contributed by atoms with van der Waals surface area (Å²) in [6, 6.07) is 6.35. The lowest BCUT2D eigenvalue weighted by Gasteiger charge is -2.20. The first kappa shape index (κ1) is 13.4. The first-order valence-corrected chi connectivity index (χ1v) is 7.74. The lowest BCUT2D eigenvalue weighted by atomic mass is 9.85. The number of ketones is 1. The van der Waals surface area contributed by atoms with Gasteiger partial charge in [0.1, 0.15) is 0 Å². The second-order valence-electron chi connectivity index (χ2n) is 6.31. The molecule has 2 aromatic rings. The van der Waals surface area contributed by atoms with Gasteiger partial charge in [-0.2, -0.15) is 0 Å². The summed E-state index contributed by atoms with van der Waals surface area (Å²) < 4.78 is 2.08. The molecule has 2 nitrogen and oxygen atoms in total. The van der Waals surface area contributed by atoms with Crippen molar-refractivity contribution in [2.75, 3.05) is 0 Å². The van der Waals surface area contributed by atoms with Crippen LogP contribution in [0.1, 0.15) is 54.4 Å². The maximum atomic E-state index is 12.6. The second-order valence-corrected chi connectivity index (χ2v) is 6.31. The Morgan fingerprint density at radius 3 is 2.75 bits per heavy atom. The second kappa shape index (κ2) is 5.43. The zero-order valence-electron chi connectivity index (χ0n) is 12.5. The van der Waals surface area contributed by atoms with E-state index in [9.17, 15) is 4.79 Å². The molecule has 20 heavy (non-hydrogen) atoms. The monoisotopic (exact) mass is 269 g/mol. The van der Waals surface area contributed by atoms with Crippen LogP contribution < -0.4 is 0 Å².